The van der Waals surface area contributed by atoms with Gasteiger partial charge in [0.25, 0.3) is 0 Å². The fourth-order valence-corrected chi connectivity index (χ4v) is 3.19. The van der Waals surface area contributed by atoms with E-state index in [2.05, 4.69) is 54.8 Å². The highest BCUT2D eigenvalue weighted by Gasteiger charge is 2.03. The summed E-state index contributed by atoms with van der Waals surface area (Å²) in [7, 11) is 0. The van der Waals surface area contributed by atoms with Gasteiger partial charge in [-0.3, -0.25) is 0 Å². The van der Waals surface area contributed by atoms with Crippen LogP contribution in [0.15, 0.2) is 73.1 Å². The van der Waals surface area contributed by atoms with Gasteiger partial charge in [-0.25, -0.2) is 9.97 Å². The first-order chi connectivity index (χ1) is 14.4. The standard InChI is InChI=1S/C23H26N6/c1-4-10-18(11-5-1)20-16-26-22(28-20)24-14-8-3-9-15-25-23-27-17-21(29-23)19-12-6-2-7-13-19/h1-2,4-7,10-13,16-17H,3,8-9,14-15H2,(H2,24,26,28)(H2,25,27,29). The summed E-state index contributed by atoms with van der Waals surface area (Å²) in [5.41, 5.74) is 4.36. The molecule has 2 aromatic carbocycles. The van der Waals surface area contributed by atoms with Gasteiger partial charge in [-0.1, -0.05) is 60.7 Å². The van der Waals surface area contributed by atoms with E-state index in [0.717, 1.165) is 66.8 Å². The molecule has 2 heterocycles. The molecule has 4 aromatic rings. The van der Waals surface area contributed by atoms with Crippen molar-refractivity contribution < 1.29 is 0 Å². The molecule has 0 fully saturated rings. The molecule has 0 spiro atoms. The van der Waals surface area contributed by atoms with E-state index in [0.29, 0.717) is 0 Å². The predicted molar refractivity (Wildman–Crippen MR) is 119 cm³/mol. The minimum atomic E-state index is 0.825. The van der Waals surface area contributed by atoms with E-state index in [9.17, 15) is 0 Å². The maximum Gasteiger partial charge on any atom is 0.200 e. The molecule has 0 saturated carbocycles. The molecule has 148 valence electrons. The van der Waals surface area contributed by atoms with Crippen LogP contribution >= 0.6 is 0 Å². The summed E-state index contributed by atoms with van der Waals surface area (Å²) in [6.45, 7) is 1.81. The van der Waals surface area contributed by atoms with Crippen LogP contribution in [0.4, 0.5) is 11.9 Å². The van der Waals surface area contributed by atoms with E-state index in [-0.39, 0.29) is 0 Å². The maximum absolute atomic E-state index is 4.40. The Morgan fingerprint density at radius 1 is 0.586 bits per heavy atom. The monoisotopic (exact) mass is 386 g/mol. The van der Waals surface area contributed by atoms with Crippen molar-refractivity contribution in [2.24, 2.45) is 0 Å². The molecule has 0 saturated heterocycles. The fourth-order valence-electron chi connectivity index (χ4n) is 3.19. The minimum absolute atomic E-state index is 0.825. The summed E-state index contributed by atoms with van der Waals surface area (Å²) >= 11 is 0. The summed E-state index contributed by atoms with van der Waals surface area (Å²) in [4.78, 5) is 15.4. The molecular formula is C23H26N6. The van der Waals surface area contributed by atoms with E-state index < -0.39 is 0 Å². The topological polar surface area (TPSA) is 81.4 Å². The number of benzene rings is 2. The van der Waals surface area contributed by atoms with Gasteiger partial charge in [-0.15, -0.1) is 0 Å². The zero-order chi connectivity index (χ0) is 19.7. The first-order valence-corrected chi connectivity index (χ1v) is 10.1. The first kappa shape index (κ1) is 18.8. The number of H-pyrrole nitrogens is 2. The Bertz CT molecular complexity index is 909. The number of nitrogens with zero attached hydrogens (tertiary/aromatic N) is 2. The van der Waals surface area contributed by atoms with Gasteiger partial charge in [0.15, 0.2) is 0 Å². The quantitative estimate of drug-likeness (QED) is 0.284. The van der Waals surface area contributed by atoms with Crippen LogP contribution in [0.2, 0.25) is 0 Å². The second-order valence-corrected chi connectivity index (χ2v) is 6.94. The fraction of sp³-hybridized carbons (Fsp3) is 0.217. The number of aromatic nitrogens is 4. The van der Waals surface area contributed by atoms with Gasteiger partial charge in [0.1, 0.15) is 0 Å². The summed E-state index contributed by atoms with van der Waals surface area (Å²) < 4.78 is 0. The van der Waals surface area contributed by atoms with Crippen LogP contribution in [0.3, 0.4) is 0 Å². The Balaban J connectivity index is 1.12. The third-order valence-corrected chi connectivity index (χ3v) is 4.76. The van der Waals surface area contributed by atoms with E-state index in [1.54, 1.807) is 0 Å². The average molecular weight is 387 g/mol. The lowest BCUT2D eigenvalue weighted by Gasteiger charge is -2.05. The van der Waals surface area contributed by atoms with Crippen LogP contribution in [-0.2, 0) is 0 Å². The minimum Gasteiger partial charge on any atom is -0.356 e. The van der Waals surface area contributed by atoms with Crippen molar-refractivity contribution >= 4 is 11.9 Å². The Kier molecular flexibility index (Phi) is 6.22. The van der Waals surface area contributed by atoms with Gasteiger partial charge in [-0.2, -0.15) is 0 Å². The first-order valence-electron chi connectivity index (χ1n) is 10.1. The van der Waals surface area contributed by atoms with E-state index >= 15 is 0 Å². The SMILES string of the molecule is c1ccc(-c2cnc(NCCCCCNc3ncc(-c4ccccc4)[nH]3)[nH]2)cc1. The molecule has 4 N–H and O–H groups in total. The van der Waals surface area contributed by atoms with Crippen molar-refractivity contribution in [3.63, 3.8) is 0 Å². The third kappa shape index (κ3) is 5.25. The summed E-state index contributed by atoms with van der Waals surface area (Å²) in [5, 5.41) is 6.72. The normalized spacial score (nSPS) is 10.8. The Labute approximate surface area is 170 Å². The van der Waals surface area contributed by atoms with Crippen LogP contribution in [0.25, 0.3) is 22.5 Å². The van der Waals surface area contributed by atoms with E-state index in [1.165, 1.54) is 0 Å². The highest BCUT2D eigenvalue weighted by molar-refractivity contribution is 5.60. The molecule has 2 aromatic heterocycles. The highest BCUT2D eigenvalue weighted by Crippen LogP contribution is 2.18. The molecule has 0 aliphatic heterocycles. The number of rotatable bonds is 10. The summed E-state index contributed by atoms with van der Waals surface area (Å²) in [5.74, 6) is 1.65. The molecule has 4 rings (SSSR count). The van der Waals surface area contributed by atoms with Crippen molar-refractivity contribution in [1.29, 1.82) is 0 Å². The zero-order valence-electron chi connectivity index (χ0n) is 16.4. The Morgan fingerprint density at radius 3 is 1.48 bits per heavy atom. The van der Waals surface area contributed by atoms with Crippen molar-refractivity contribution in [2.75, 3.05) is 23.7 Å². The average Bonchev–Trinajstić information content (AvgIpc) is 3.44. The van der Waals surface area contributed by atoms with Crippen LogP contribution in [0, 0.1) is 0 Å². The summed E-state index contributed by atoms with van der Waals surface area (Å²) in [6.07, 6.45) is 7.06. The lowest BCUT2D eigenvalue weighted by molar-refractivity contribution is 0.717. The Morgan fingerprint density at radius 2 is 1.03 bits per heavy atom. The number of aromatic amines is 2. The number of nitrogens with one attached hydrogen (secondary N) is 4. The predicted octanol–water partition coefficient (Wildman–Crippen LogP) is 5.16. The van der Waals surface area contributed by atoms with Gasteiger partial charge in [-0.05, 0) is 30.4 Å². The highest BCUT2D eigenvalue weighted by atomic mass is 15.1. The molecule has 0 aliphatic rings. The molecule has 29 heavy (non-hydrogen) atoms. The second-order valence-electron chi connectivity index (χ2n) is 6.94. The molecule has 0 atom stereocenters. The van der Waals surface area contributed by atoms with Crippen molar-refractivity contribution in [2.45, 2.75) is 19.3 Å². The molecule has 0 bridgehead atoms. The number of hydrogen-bond acceptors (Lipinski definition) is 4. The molecule has 6 heteroatoms. The van der Waals surface area contributed by atoms with Crippen molar-refractivity contribution in [3.05, 3.63) is 73.1 Å². The van der Waals surface area contributed by atoms with Crippen LogP contribution < -0.4 is 10.6 Å². The van der Waals surface area contributed by atoms with Gasteiger partial charge >= 0.3 is 0 Å². The van der Waals surface area contributed by atoms with E-state index in [4.69, 9.17) is 0 Å². The van der Waals surface area contributed by atoms with Gasteiger partial charge in [0.05, 0.1) is 23.8 Å². The van der Waals surface area contributed by atoms with Crippen LogP contribution in [-0.4, -0.2) is 33.0 Å². The molecule has 0 aliphatic carbocycles. The number of unbranched alkanes of at least 4 members (excludes halogenated alkanes) is 2. The lowest BCUT2D eigenvalue weighted by atomic mass is 10.2. The molecule has 0 radical (unpaired) electrons. The number of anilines is 2. The second kappa shape index (κ2) is 9.59. The number of imidazole rings is 2. The Hall–Kier alpha value is -3.54. The summed E-state index contributed by atoms with van der Waals surface area (Å²) in [6, 6.07) is 20.5. The van der Waals surface area contributed by atoms with Gasteiger partial charge in [0, 0.05) is 13.1 Å². The van der Waals surface area contributed by atoms with Gasteiger partial charge in [0.2, 0.25) is 11.9 Å². The van der Waals surface area contributed by atoms with Crippen molar-refractivity contribution in [3.8, 4) is 22.5 Å². The molecule has 0 unspecified atom stereocenters. The largest absolute Gasteiger partial charge is 0.356 e. The van der Waals surface area contributed by atoms with Crippen LogP contribution in [0.5, 0.6) is 0 Å². The zero-order valence-corrected chi connectivity index (χ0v) is 16.4. The number of hydrogen-bond donors (Lipinski definition) is 4. The third-order valence-electron chi connectivity index (χ3n) is 4.76. The molecular weight excluding hydrogens is 360 g/mol. The van der Waals surface area contributed by atoms with E-state index in [1.807, 2.05) is 48.8 Å². The van der Waals surface area contributed by atoms with Crippen LogP contribution in [0.1, 0.15) is 19.3 Å². The maximum atomic E-state index is 4.40. The smallest absolute Gasteiger partial charge is 0.200 e. The molecule has 6 nitrogen and oxygen atoms in total. The van der Waals surface area contributed by atoms with Crippen molar-refractivity contribution in [1.82, 2.24) is 19.9 Å². The van der Waals surface area contributed by atoms with Gasteiger partial charge < -0.3 is 20.6 Å². The molecule has 0 amide bonds. The lowest BCUT2D eigenvalue weighted by Crippen LogP contribution is -2.06.